The fourth-order valence-electron chi connectivity index (χ4n) is 2.92. The second-order valence-electron chi connectivity index (χ2n) is 5.75. The molecule has 2 unspecified atom stereocenters. The van der Waals surface area contributed by atoms with E-state index in [0.29, 0.717) is 6.54 Å². The predicted octanol–water partition coefficient (Wildman–Crippen LogP) is 2.14. The molecule has 5 nitrogen and oxygen atoms in total. The van der Waals surface area contributed by atoms with Crippen LogP contribution in [-0.2, 0) is 16.6 Å². The molecule has 0 spiro atoms. The molecule has 1 aliphatic heterocycles. The maximum Gasteiger partial charge on any atom is 0.261 e. The summed E-state index contributed by atoms with van der Waals surface area (Å²) in [6, 6.07) is 3.54. The van der Waals surface area contributed by atoms with E-state index in [1.807, 2.05) is 26.8 Å². The molecule has 0 aliphatic carbocycles. The van der Waals surface area contributed by atoms with Crippen LogP contribution in [0.2, 0.25) is 0 Å². The number of aromatic nitrogens is 1. The highest BCUT2D eigenvalue weighted by Crippen LogP contribution is 2.28. The van der Waals surface area contributed by atoms with E-state index >= 15 is 0 Å². The molecule has 1 aromatic heterocycles. The highest BCUT2D eigenvalue weighted by atomic mass is 32.2. The van der Waals surface area contributed by atoms with Gasteiger partial charge in [0.1, 0.15) is 0 Å². The first kappa shape index (κ1) is 16.4. The minimum Gasteiger partial charge on any atom is -0.313 e. The van der Waals surface area contributed by atoms with E-state index in [2.05, 4.69) is 10.3 Å². The molecule has 0 amide bonds. The standard InChI is InChI=1S/C15H25N3O2S/c1-4-16-10-14-8-9-15(17-11-14)21(19,20)18-12(2)6-5-7-13(18)3/h8-9,11-13,16H,4-7,10H2,1-3H3. The van der Waals surface area contributed by atoms with Gasteiger partial charge in [-0.1, -0.05) is 19.4 Å². The lowest BCUT2D eigenvalue weighted by molar-refractivity contribution is 0.203. The smallest absolute Gasteiger partial charge is 0.261 e. The molecule has 2 atom stereocenters. The SMILES string of the molecule is CCNCc1ccc(S(=O)(=O)N2C(C)CCCC2C)nc1. The van der Waals surface area contributed by atoms with Gasteiger partial charge in [-0.3, -0.25) is 0 Å². The Morgan fingerprint density at radius 3 is 2.48 bits per heavy atom. The van der Waals surface area contributed by atoms with Crippen molar-refractivity contribution in [3.05, 3.63) is 23.9 Å². The zero-order valence-corrected chi connectivity index (χ0v) is 13.9. The van der Waals surface area contributed by atoms with Crippen LogP contribution in [0, 0.1) is 0 Å². The van der Waals surface area contributed by atoms with Gasteiger partial charge in [0.25, 0.3) is 10.0 Å². The number of pyridine rings is 1. The molecule has 1 saturated heterocycles. The summed E-state index contributed by atoms with van der Waals surface area (Å²) in [7, 11) is -3.50. The maximum absolute atomic E-state index is 12.8. The Balaban J connectivity index is 2.22. The third-order valence-corrected chi connectivity index (χ3v) is 6.08. The molecule has 118 valence electrons. The molecule has 2 heterocycles. The van der Waals surface area contributed by atoms with Gasteiger partial charge in [0.2, 0.25) is 0 Å². The Morgan fingerprint density at radius 2 is 1.95 bits per heavy atom. The summed E-state index contributed by atoms with van der Waals surface area (Å²) in [6.45, 7) is 7.58. The summed E-state index contributed by atoms with van der Waals surface area (Å²) in [4.78, 5) is 4.18. The topological polar surface area (TPSA) is 62.3 Å². The molecule has 1 N–H and O–H groups in total. The first-order valence-electron chi connectivity index (χ1n) is 7.66. The molecule has 1 aliphatic rings. The first-order chi connectivity index (χ1) is 9.96. The van der Waals surface area contributed by atoms with Crippen LogP contribution in [0.3, 0.4) is 0 Å². The van der Waals surface area contributed by atoms with E-state index in [1.165, 1.54) is 0 Å². The normalized spacial score (nSPS) is 24.1. The second kappa shape index (κ2) is 6.85. The average Bonchev–Trinajstić information content (AvgIpc) is 2.45. The Labute approximate surface area is 127 Å². The lowest BCUT2D eigenvalue weighted by atomic mass is 10.0. The molecule has 6 heteroatoms. The summed E-state index contributed by atoms with van der Waals surface area (Å²) < 4.78 is 27.2. The Hall–Kier alpha value is -0.980. The minimum atomic E-state index is -3.50. The molecule has 1 fully saturated rings. The van der Waals surface area contributed by atoms with E-state index in [1.54, 1.807) is 16.6 Å². The van der Waals surface area contributed by atoms with Crippen LogP contribution < -0.4 is 5.32 Å². The third-order valence-electron chi connectivity index (χ3n) is 4.03. The van der Waals surface area contributed by atoms with Gasteiger partial charge in [-0.15, -0.1) is 0 Å². The number of piperidine rings is 1. The Morgan fingerprint density at radius 1 is 1.29 bits per heavy atom. The van der Waals surface area contributed by atoms with Crippen molar-refractivity contribution in [2.45, 2.75) is 63.7 Å². The average molecular weight is 311 g/mol. The first-order valence-corrected chi connectivity index (χ1v) is 9.10. The number of hydrogen-bond donors (Lipinski definition) is 1. The van der Waals surface area contributed by atoms with Gasteiger partial charge in [0, 0.05) is 24.8 Å². The quantitative estimate of drug-likeness (QED) is 0.905. The monoisotopic (exact) mass is 311 g/mol. The molecule has 0 radical (unpaired) electrons. The minimum absolute atomic E-state index is 0.0435. The van der Waals surface area contributed by atoms with E-state index < -0.39 is 10.0 Å². The zero-order chi connectivity index (χ0) is 15.5. The summed E-state index contributed by atoms with van der Waals surface area (Å²) >= 11 is 0. The van der Waals surface area contributed by atoms with Crippen molar-refractivity contribution in [2.75, 3.05) is 6.54 Å². The van der Waals surface area contributed by atoms with Crippen LogP contribution in [-0.4, -0.2) is 36.3 Å². The van der Waals surface area contributed by atoms with E-state index in [4.69, 9.17) is 0 Å². The lowest BCUT2D eigenvalue weighted by Gasteiger charge is -2.37. The van der Waals surface area contributed by atoms with Crippen molar-refractivity contribution in [2.24, 2.45) is 0 Å². The highest BCUT2D eigenvalue weighted by molar-refractivity contribution is 7.89. The van der Waals surface area contributed by atoms with Gasteiger partial charge in [0.15, 0.2) is 5.03 Å². The van der Waals surface area contributed by atoms with Gasteiger partial charge in [-0.05, 0) is 44.9 Å². The molecular formula is C15H25N3O2S. The van der Waals surface area contributed by atoms with Crippen molar-refractivity contribution in [1.29, 1.82) is 0 Å². The van der Waals surface area contributed by atoms with Crippen molar-refractivity contribution in [3.8, 4) is 0 Å². The van der Waals surface area contributed by atoms with Gasteiger partial charge in [0.05, 0.1) is 0 Å². The Kier molecular flexibility index (Phi) is 5.35. The maximum atomic E-state index is 12.8. The van der Waals surface area contributed by atoms with Crippen LogP contribution in [0.4, 0.5) is 0 Å². The lowest BCUT2D eigenvalue weighted by Crippen LogP contribution is -2.47. The van der Waals surface area contributed by atoms with Crippen LogP contribution in [0.1, 0.15) is 45.6 Å². The number of rotatable bonds is 5. The number of sulfonamides is 1. The molecule has 1 aromatic rings. The molecule has 0 bridgehead atoms. The number of nitrogens with zero attached hydrogens (tertiary/aromatic N) is 2. The highest BCUT2D eigenvalue weighted by Gasteiger charge is 2.36. The molecule has 0 aromatic carbocycles. The van der Waals surface area contributed by atoms with Crippen molar-refractivity contribution in [3.63, 3.8) is 0 Å². The fourth-order valence-corrected chi connectivity index (χ4v) is 4.72. The molecule has 0 saturated carbocycles. The summed E-state index contributed by atoms with van der Waals surface area (Å²) in [5.41, 5.74) is 0.996. The van der Waals surface area contributed by atoms with Crippen LogP contribution in [0.15, 0.2) is 23.4 Å². The van der Waals surface area contributed by atoms with Crippen molar-refractivity contribution < 1.29 is 8.42 Å². The van der Waals surface area contributed by atoms with Crippen molar-refractivity contribution in [1.82, 2.24) is 14.6 Å². The van der Waals surface area contributed by atoms with E-state index in [0.717, 1.165) is 31.4 Å². The number of hydrogen-bond acceptors (Lipinski definition) is 4. The zero-order valence-electron chi connectivity index (χ0n) is 13.0. The summed E-state index contributed by atoms with van der Waals surface area (Å²) in [6.07, 6.45) is 4.57. The fraction of sp³-hybridized carbons (Fsp3) is 0.667. The molecular weight excluding hydrogens is 286 g/mol. The van der Waals surface area contributed by atoms with Gasteiger partial charge < -0.3 is 5.32 Å². The van der Waals surface area contributed by atoms with Gasteiger partial charge in [-0.2, -0.15) is 4.31 Å². The summed E-state index contributed by atoms with van der Waals surface area (Å²) in [5, 5.41) is 3.36. The van der Waals surface area contributed by atoms with Crippen molar-refractivity contribution >= 4 is 10.0 Å². The number of nitrogens with one attached hydrogen (secondary N) is 1. The van der Waals surface area contributed by atoms with Crippen LogP contribution in [0.25, 0.3) is 0 Å². The second-order valence-corrected chi connectivity index (χ2v) is 7.54. The van der Waals surface area contributed by atoms with Gasteiger partial charge >= 0.3 is 0 Å². The predicted molar refractivity (Wildman–Crippen MR) is 83.4 cm³/mol. The van der Waals surface area contributed by atoms with Gasteiger partial charge in [-0.25, -0.2) is 13.4 Å². The molecule has 2 rings (SSSR count). The van der Waals surface area contributed by atoms with E-state index in [-0.39, 0.29) is 17.1 Å². The van der Waals surface area contributed by atoms with Crippen LogP contribution >= 0.6 is 0 Å². The summed E-state index contributed by atoms with van der Waals surface area (Å²) in [5.74, 6) is 0. The molecule has 21 heavy (non-hydrogen) atoms. The largest absolute Gasteiger partial charge is 0.313 e. The third kappa shape index (κ3) is 3.62. The Bertz CT molecular complexity index is 547. The van der Waals surface area contributed by atoms with E-state index in [9.17, 15) is 8.42 Å². The van der Waals surface area contributed by atoms with Crippen LogP contribution in [0.5, 0.6) is 0 Å².